The van der Waals surface area contributed by atoms with E-state index in [1.54, 1.807) is 0 Å². The van der Waals surface area contributed by atoms with Crippen LogP contribution in [0.2, 0.25) is 0 Å². The lowest BCUT2D eigenvalue weighted by Gasteiger charge is -2.25. The third kappa shape index (κ3) is 2.15. The van der Waals surface area contributed by atoms with E-state index < -0.39 is 23.6 Å². The second kappa shape index (κ2) is 4.67. The fourth-order valence-electron chi connectivity index (χ4n) is 2.20. The molecule has 0 radical (unpaired) electrons. The van der Waals surface area contributed by atoms with Gasteiger partial charge in [0, 0.05) is 6.07 Å². The van der Waals surface area contributed by atoms with Crippen LogP contribution in [0.4, 0.5) is 13.2 Å². The number of fused-ring (bicyclic) bond motifs is 1. The molecule has 2 nitrogen and oxygen atoms in total. The summed E-state index contributed by atoms with van der Waals surface area (Å²) in [5.41, 5.74) is 0.636. The summed E-state index contributed by atoms with van der Waals surface area (Å²) in [5, 5.41) is 0. The maximum atomic E-state index is 13.2. The molecule has 0 saturated heterocycles. The minimum Gasteiger partial charge on any atom is -0.484 e. The van der Waals surface area contributed by atoms with Crippen molar-refractivity contribution in [1.82, 2.24) is 0 Å². The van der Waals surface area contributed by atoms with Crippen LogP contribution < -0.4 is 4.74 Å². The quantitative estimate of drug-likeness (QED) is 0.793. The van der Waals surface area contributed by atoms with Gasteiger partial charge < -0.3 is 4.74 Å². The molecule has 2 aromatic carbocycles. The summed E-state index contributed by atoms with van der Waals surface area (Å²) in [6, 6.07) is 6.95. The minimum atomic E-state index is -1.01. The van der Waals surface area contributed by atoms with Crippen molar-refractivity contribution < 1.29 is 22.7 Å². The van der Waals surface area contributed by atoms with Gasteiger partial charge in [0.15, 0.2) is 17.4 Å². The van der Waals surface area contributed by atoms with Crippen LogP contribution in [0.15, 0.2) is 36.4 Å². The summed E-state index contributed by atoms with van der Waals surface area (Å²) in [4.78, 5) is 12.0. The van der Waals surface area contributed by atoms with Gasteiger partial charge in [-0.15, -0.1) is 0 Å². The van der Waals surface area contributed by atoms with Crippen LogP contribution in [0, 0.1) is 17.5 Å². The molecule has 1 unspecified atom stereocenters. The highest BCUT2D eigenvalue weighted by Crippen LogP contribution is 2.35. The average molecular weight is 278 g/mol. The summed E-state index contributed by atoms with van der Waals surface area (Å²) in [6.45, 7) is 0. The smallest absolute Gasteiger partial charge is 0.170 e. The van der Waals surface area contributed by atoms with Crippen molar-refractivity contribution in [2.45, 2.75) is 12.5 Å². The van der Waals surface area contributed by atoms with Crippen molar-refractivity contribution in [1.29, 1.82) is 0 Å². The van der Waals surface area contributed by atoms with Crippen molar-refractivity contribution in [2.24, 2.45) is 0 Å². The summed E-state index contributed by atoms with van der Waals surface area (Å²) >= 11 is 0. The molecule has 0 bridgehead atoms. The van der Waals surface area contributed by atoms with Crippen LogP contribution in [-0.2, 0) is 0 Å². The number of carbonyl (C=O) groups excluding carboxylic acids is 1. The Bertz CT molecular complexity index is 698. The van der Waals surface area contributed by atoms with E-state index >= 15 is 0 Å². The van der Waals surface area contributed by atoms with Gasteiger partial charge in [0.1, 0.15) is 17.7 Å². The second-order valence-corrected chi connectivity index (χ2v) is 4.55. The zero-order valence-electron chi connectivity index (χ0n) is 10.2. The van der Waals surface area contributed by atoms with Crippen molar-refractivity contribution in [3.63, 3.8) is 0 Å². The number of carbonyl (C=O) groups is 1. The first-order valence-electron chi connectivity index (χ1n) is 5.99. The van der Waals surface area contributed by atoms with Gasteiger partial charge in [-0.25, -0.2) is 13.2 Å². The molecular weight excluding hydrogens is 269 g/mol. The highest BCUT2D eigenvalue weighted by atomic mass is 19.2. The monoisotopic (exact) mass is 278 g/mol. The highest BCUT2D eigenvalue weighted by molar-refractivity contribution is 5.99. The van der Waals surface area contributed by atoms with E-state index in [4.69, 9.17) is 4.74 Å². The van der Waals surface area contributed by atoms with E-state index in [2.05, 4.69) is 0 Å². The van der Waals surface area contributed by atoms with Crippen LogP contribution in [0.1, 0.15) is 28.4 Å². The molecule has 5 heteroatoms. The van der Waals surface area contributed by atoms with Crippen molar-refractivity contribution in [2.75, 3.05) is 0 Å². The molecule has 3 rings (SSSR count). The van der Waals surface area contributed by atoms with Crippen LogP contribution in [0.5, 0.6) is 5.75 Å². The lowest BCUT2D eigenvalue weighted by atomic mass is 9.96. The van der Waals surface area contributed by atoms with Crippen LogP contribution >= 0.6 is 0 Å². The molecule has 1 aliphatic rings. The molecule has 0 aromatic heterocycles. The Kier molecular flexibility index (Phi) is 2.97. The zero-order chi connectivity index (χ0) is 14.3. The Morgan fingerprint density at radius 2 is 1.80 bits per heavy atom. The number of rotatable bonds is 1. The Labute approximate surface area is 112 Å². The zero-order valence-corrected chi connectivity index (χ0v) is 10.2. The summed E-state index contributed by atoms with van der Waals surface area (Å²) < 4.78 is 44.8. The van der Waals surface area contributed by atoms with Gasteiger partial charge in [0.2, 0.25) is 0 Å². The second-order valence-electron chi connectivity index (χ2n) is 4.55. The van der Waals surface area contributed by atoms with Gasteiger partial charge in [-0.1, -0.05) is 6.07 Å². The van der Waals surface area contributed by atoms with Gasteiger partial charge >= 0.3 is 0 Å². The van der Waals surface area contributed by atoms with Gasteiger partial charge in [0.25, 0.3) is 0 Å². The molecule has 0 saturated carbocycles. The minimum absolute atomic E-state index is 0.00368. The molecule has 20 heavy (non-hydrogen) atoms. The van der Waals surface area contributed by atoms with E-state index in [9.17, 15) is 18.0 Å². The Hall–Kier alpha value is -2.30. The fourth-order valence-corrected chi connectivity index (χ4v) is 2.20. The number of hydrogen-bond donors (Lipinski definition) is 0. The molecule has 1 aliphatic heterocycles. The van der Waals surface area contributed by atoms with Gasteiger partial charge in [0.05, 0.1) is 12.0 Å². The van der Waals surface area contributed by atoms with E-state index in [-0.39, 0.29) is 18.0 Å². The standard InChI is InChI=1S/C15H9F3O2/c16-9-2-3-10-13(19)7-14(20-15(10)6-9)8-1-4-11(17)12(18)5-8/h1-6,14H,7H2. The van der Waals surface area contributed by atoms with Crippen LogP contribution in [0.3, 0.4) is 0 Å². The first-order valence-corrected chi connectivity index (χ1v) is 5.99. The first kappa shape index (κ1) is 12.7. The number of ether oxygens (including phenoxy) is 1. The largest absolute Gasteiger partial charge is 0.484 e. The molecule has 0 spiro atoms. The summed E-state index contributed by atoms with van der Waals surface area (Å²) in [6.07, 6.45) is -0.740. The van der Waals surface area contributed by atoms with Crippen LogP contribution in [-0.4, -0.2) is 5.78 Å². The van der Waals surface area contributed by atoms with E-state index in [1.165, 1.54) is 18.2 Å². The number of ketones is 1. The van der Waals surface area contributed by atoms with Crippen molar-refractivity contribution in [3.05, 3.63) is 65.0 Å². The maximum absolute atomic E-state index is 13.2. The Morgan fingerprint density at radius 3 is 2.55 bits per heavy atom. The van der Waals surface area contributed by atoms with Gasteiger partial charge in [-0.05, 0) is 29.8 Å². The third-order valence-electron chi connectivity index (χ3n) is 3.20. The average Bonchev–Trinajstić information content (AvgIpc) is 2.41. The Balaban J connectivity index is 1.98. The lowest BCUT2D eigenvalue weighted by Crippen LogP contribution is -2.20. The predicted octanol–water partition coefficient (Wildman–Crippen LogP) is 3.81. The third-order valence-corrected chi connectivity index (χ3v) is 3.20. The molecule has 102 valence electrons. The van der Waals surface area contributed by atoms with E-state index in [1.807, 2.05) is 0 Å². The molecule has 0 N–H and O–H groups in total. The summed E-state index contributed by atoms with van der Waals surface area (Å²) in [5.74, 6) is -2.61. The van der Waals surface area contributed by atoms with Crippen molar-refractivity contribution in [3.8, 4) is 5.75 Å². The van der Waals surface area contributed by atoms with Crippen LogP contribution in [0.25, 0.3) is 0 Å². The highest BCUT2D eigenvalue weighted by Gasteiger charge is 2.28. The van der Waals surface area contributed by atoms with Gasteiger partial charge in [-0.2, -0.15) is 0 Å². The van der Waals surface area contributed by atoms with E-state index in [0.717, 1.165) is 18.2 Å². The van der Waals surface area contributed by atoms with E-state index in [0.29, 0.717) is 11.1 Å². The lowest BCUT2D eigenvalue weighted by molar-refractivity contribution is 0.0848. The Morgan fingerprint density at radius 1 is 1.00 bits per heavy atom. The number of Topliss-reactive ketones (excluding diaryl/α,β-unsaturated/α-hetero) is 1. The number of hydrogen-bond acceptors (Lipinski definition) is 2. The molecule has 0 fully saturated rings. The molecule has 0 aliphatic carbocycles. The van der Waals surface area contributed by atoms with Crippen molar-refractivity contribution >= 4 is 5.78 Å². The molecule has 2 aromatic rings. The number of benzene rings is 2. The fraction of sp³-hybridized carbons (Fsp3) is 0.133. The summed E-state index contributed by atoms with van der Waals surface area (Å²) in [7, 11) is 0. The molecular formula is C15H9F3O2. The predicted molar refractivity (Wildman–Crippen MR) is 65.1 cm³/mol. The SMILES string of the molecule is O=C1CC(c2ccc(F)c(F)c2)Oc2cc(F)ccc21. The topological polar surface area (TPSA) is 26.3 Å². The number of halogens is 3. The molecule has 1 atom stereocenters. The van der Waals surface area contributed by atoms with Gasteiger partial charge in [-0.3, -0.25) is 4.79 Å². The first-order chi connectivity index (χ1) is 9.54. The molecule has 0 amide bonds. The molecule has 1 heterocycles. The normalized spacial score (nSPS) is 17.6. The maximum Gasteiger partial charge on any atom is 0.170 e.